The van der Waals surface area contributed by atoms with Gasteiger partial charge in [0.05, 0.1) is 12.8 Å². The van der Waals surface area contributed by atoms with Crippen molar-refractivity contribution < 1.29 is 19.1 Å². The Kier molecular flexibility index (Phi) is 5.18. The molecule has 2 aromatic rings. The normalized spacial score (nSPS) is 16.4. The number of amides is 2. The number of carbonyl (C=O) groups is 2. The van der Waals surface area contributed by atoms with E-state index in [-0.39, 0.29) is 5.91 Å². The van der Waals surface area contributed by atoms with Gasteiger partial charge in [0.2, 0.25) is 5.91 Å². The molecule has 0 bridgehead atoms. The first-order valence-electron chi connectivity index (χ1n) is 8.16. The van der Waals surface area contributed by atoms with Gasteiger partial charge in [0.25, 0.3) is 0 Å². The molecule has 1 atom stereocenters. The smallest absolute Gasteiger partial charge is 0.415 e. The average Bonchev–Trinajstić information content (AvgIpc) is 3.13. The quantitative estimate of drug-likeness (QED) is 0.927. The molecular weight excluding hydrogens is 320 g/mol. The van der Waals surface area contributed by atoms with Gasteiger partial charge < -0.3 is 14.8 Å². The van der Waals surface area contributed by atoms with Crippen LogP contribution in [0, 0.1) is 0 Å². The van der Waals surface area contributed by atoms with Crippen LogP contribution in [0.4, 0.5) is 10.5 Å². The largest absolute Gasteiger partial charge is 0.495 e. The third-order valence-electron chi connectivity index (χ3n) is 4.10. The van der Waals surface area contributed by atoms with Crippen molar-refractivity contribution in [3.8, 4) is 11.5 Å². The van der Waals surface area contributed by atoms with Crippen LogP contribution in [0.3, 0.4) is 0 Å². The molecule has 1 N–H and O–H groups in total. The van der Waals surface area contributed by atoms with E-state index in [1.807, 2.05) is 18.2 Å². The van der Waals surface area contributed by atoms with E-state index in [0.29, 0.717) is 30.2 Å². The standard InChI is InChI=1S/C19H20N2O4/c1-24-17-12-6-5-10-15(17)20-18(22)16-11-7-13-21(16)19(23)25-14-8-3-2-4-9-14/h2-6,8-10,12,16H,7,11,13H2,1H3,(H,20,22)/t16-/m1/s1. The first-order valence-corrected chi connectivity index (χ1v) is 8.16. The Morgan fingerprint density at radius 1 is 1.08 bits per heavy atom. The summed E-state index contributed by atoms with van der Waals surface area (Å²) in [7, 11) is 1.55. The van der Waals surface area contributed by atoms with Crippen LogP contribution < -0.4 is 14.8 Å². The fourth-order valence-corrected chi connectivity index (χ4v) is 2.87. The zero-order valence-corrected chi connectivity index (χ0v) is 14.0. The first-order chi connectivity index (χ1) is 12.2. The van der Waals surface area contributed by atoms with Crippen LogP contribution in [0.15, 0.2) is 54.6 Å². The lowest BCUT2D eigenvalue weighted by atomic mass is 10.2. The number of rotatable bonds is 4. The molecule has 2 amide bonds. The number of hydrogen-bond acceptors (Lipinski definition) is 4. The molecule has 25 heavy (non-hydrogen) atoms. The Hall–Kier alpha value is -3.02. The molecule has 6 heteroatoms. The van der Waals surface area contributed by atoms with Gasteiger partial charge in [0.15, 0.2) is 0 Å². The van der Waals surface area contributed by atoms with Gasteiger partial charge in [-0.3, -0.25) is 9.69 Å². The summed E-state index contributed by atoms with van der Waals surface area (Å²) in [5.41, 5.74) is 0.582. The second-order valence-electron chi connectivity index (χ2n) is 5.72. The van der Waals surface area contributed by atoms with Gasteiger partial charge in [0, 0.05) is 6.54 Å². The Labute approximate surface area is 146 Å². The molecular formula is C19H20N2O4. The van der Waals surface area contributed by atoms with Crippen molar-refractivity contribution >= 4 is 17.7 Å². The summed E-state index contributed by atoms with van der Waals surface area (Å²) in [5.74, 6) is 0.794. The van der Waals surface area contributed by atoms with Crippen molar-refractivity contribution in [3.05, 3.63) is 54.6 Å². The van der Waals surface area contributed by atoms with Crippen LogP contribution in [0.25, 0.3) is 0 Å². The minimum Gasteiger partial charge on any atom is -0.495 e. The minimum absolute atomic E-state index is 0.244. The maximum Gasteiger partial charge on any atom is 0.415 e. The summed E-state index contributed by atoms with van der Waals surface area (Å²) in [6.07, 6.45) is 0.850. The number of hydrogen-bond donors (Lipinski definition) is 1. The Balaban J connectivity index is 1.68. The number of benzene rings is 2. The third-order valence-corrected chi connectivity index (χ3v) is 4.10. The van der Waals surface area contributed by atoms with Gasteiger partial charge in [-0.15, -0.1) is 0 Å². The first kappa shape index (κ1) is 16.8. The highest BCUT2D eigenvalue weighted by Crippen LogP contribution is 2.26. The Morgan fingerprint density at radius 2 is 1.80 bits per heavy atom. The zero-order chi connectivity index (χ0) is 17.6. The van der Waals surface area contributed by atoms with E-state index in [0.717, 1.165) is 6.42 Å². The van der Waals surface area contributed by atoms with Crippen molar-refractivity contribution in [2.45, 2.75) is 18.9 Å². The molecule has 0 saturated carbocycles. The second-order valence-corrected chi connectivity index (χ2v) is 5.72. The number of carbonyl (C=O) groups excluding carboxylic acids is 2. The molecule has 130 valence electrons. The van der Waals surface area contributed by atoms with Gasteiger partial charge in [-0.2, -0.15) is 0 Å². The van der Waals surface area contributed by atoms with E-state index < -0.39 is 12.1 Å². The van der Waals surface area contributed by atoms with E-state index in [2.05, 4.69) is 5.32 Å². The highest BCUT2D eigenvalue weighted by atomic mass is 16.6. The Morgan fingerprint density at radius 3 is 2.56 bits per heavy atom. The molecule has 0 aliphatic carbocycles. The predicted molar refractivity (Wildman–Crippen MR) is 93.8 cm³/mol. The third kappa shape index (κ3) is 3.91. The molecule has 0 unspecified atom stereocenters. The molecule has 3 rings (SSSR count). The highest BCUT2D eigenvalue weighted by molar-refractivity contribution is 5.98. The lowest BCUT2D eigenvalue weighted by Gasteiger charge is -2.23. The van der Waals surface area contributed by atoms with Crippen molar-refractivity contribution in [2.75, 3.05) is 19.0 Å². The number of nitrogens with one attached hydrogen (secondary N) is 1. The van der Waals surface area contributed by atoms with Crippen molar-refractivity contribution in [2.24, 2.45) is 0 Å². The molecule has 2 aromatic carbocycles. The molecule has 1 aliphatic heterocycles. The maximum absolute atomic E-state index is 12.6. The molecule has 1 fully saturated rings. The lowest BCUT2D eigenvalue weighted by molar-refractivity contribution is -0.119. The zero-order valence-electron chi connectivity index (χ0n) is 14.0. The van der Waals surface area contributed by atoms with E-state index in [1.165, 1.54) is 4.90 Å². The molecule has 6 nitrogen and oxygen atoms in total. The van der Waals surface area contributed by atoms with E-state index in [4.69, 9.17) is 9.47 Å². The van der Waals surface area contributed by atoms with Crippen LogP contribution in [0.1, 0.15) is 12.8 Å². The molecule has 1 aliphatic rings. The lowest BCUT2D eigenvalue weighted by Crippen LogP contribution is -2.44. The van der Waals surface area contributed by atoms with E-state index in [1.54, 1.807) is 43.5 Å². The number of anilines is 1. The summed E-state index contributed by atoms with van der Waals surface area (Å²) in [6, 6.07) is 15.5. The van der Waals surface area contributed by atoms with Gasteiger partial charge >= 0.3 is 6.09 Å². The van der Waals surface area contributed by atoms with Crippen LogP contribution >= 0.6 is 0 Å². The van der Waals surface area contributed by atoms with Crippen LogP contribution in [0.2, 0.25) is 0 Å². The average molecular weight is 340 g/mol. The van der Waals surface area contributed by atoms with Crippen LogP contribution in [0.5, 0.6) is 11.5 Å². The van der Waals surface area contributed by atoms with Crippen molar-refractivity contribution in [1.82, 2.24) is 4.90 Å². The van der Waals surface area contributed by atoms with Gasteiger partial charge in [0.1, 0.15) is 17.5 Å². The highest BCUT2D eigenvalue weighted by Gasteiger charge is 2.35. The number of nitrogens with zero attached hydrogens (tertiary/aromatic N) is 1. The SMILES string of the molecule is COc1ccccc1NC(=O)[C@H]1CCCN1C(=O)Oc1ccccc1. The van der Waals surface area contributed by atoms with Crippen LogP contribution in [-0.2, 0) is 4.79 Å². The second kappa shape index (κ2) is 7.70. The topological polar surface area (TPSA) is 67.9 Å². The van der Waals surface area contributed by atoms with Gasteiger partial charge in [-0.1, -0.05) is 30.3 Å². The summed E-state index contributed by atoms with van der Waals surface area (Å²) < 4.78 is 10.6. The molecule has 1 saturated heterocycles. The number of para-hydroxylation sites is 3. The van der Waals surface area contributed by atoms with Crippen molar-refractivity contribution in [3.63, 3.8) is 0 Å². The fourth-order valence-electron chi connectivity index (χ4n) is 2.87. The number of likely N-dealkylation sites (tertiary alicyclic amines) is 1. The molecule has 1 heterocycles. The van der Waals surface area contributed by atoms with Gasteiger partial charge in [-0.25, -0.2) is 4.79 Å². The van der Waals surface area contributed by atoms with E-state index in [9.17, 15) is 9.59 Å². The molecule has 0 radical (unpaired) electrons. The summed E-state index contributed by atoms with van der Waals surface area (Å²) >= 11 is 0. The molecule has 0 spiro atoms. The maximum atomic E-state index is 12.6. The van der Waals surface area contributed by atoms with Crippen LogP contribution in [-0.4, -0.2) is 36.6 Å². The summed E-state index contributed by atoms with van der Waals surface area (Å²) in [4.78, 5) is 26.5. The van der Waals surface area contributed by atoms with Gasteiger partial charge in [-0.05, 0) is 37.1 Å². The van der Waals surface area contributed by atoms with Crippen molar-refractivity contribution in [1.29, 1.82) is 0 Å². The Bertz CT molecular complexity index is 748. The summed E-state index contributed by atoms with van der Waals surface area (Å²) in [6.45, 7) is 0.496. The fraction of sp³-hybridized carbons (Fsp3) is 0.263. The number of ether oxygens (including phenoxy) is 2. The monoisotopic (exact) mass is 340 g/mol. The predicted octanol–water partition coefficient (Wildman–Crippen LogP) is 3.30. The minimum atomic E-state index is -0.555. The molecule has 0 aromatic heterocycles. The number of methoxy groups -OCH3 is 1. The summed E-state index contributed by atoms with van der Waals surface area (Å²) in [5, 5.41) is 2.84. The van der Waals surface area contributed by atoms with E-state index >= 15 is 0 Å².